The Bertz CT molecular complexity index is 718. The molecule has 0 fully saturated rings. The Morgan fingerprint density at radius 2 is 1.96 bits per heavy atom. The maximum Gasteiger partial charge on any atom is 0.269 e. The zero-order valence-electron chi connectivity index (χ0n) is 12.1. The summed E-state index contributed by atoms with van der Waals surface area (Å²) in [6, 6.07) is 10.3. The van der Waals surface area contributed by atoms with Gasteiger partial charge in [0.05, 0.1) is 17.7 Å². The first-order valence-electron chi connectivity index (χ1n) is 6.50. The summed E-state index contributed by atoms with van der Waals surface area (Å²) < 4.78 is 10.4. The van der Waals surface area contributed by atoms with E-state index in [0.717, 1.165) is 0 Å². The second-order valence-corrected chi connectivity index (χ2v) is 4.87. The van der Waals surface area contributed by atoms with Gasteiger partial charge in [0.15, 0.2) is 6.61 Å². The lowest BCUT2D eigenvalue weighted by Crippen LogP contribution is -2.20. The lowest BCUT2D eigenvalue weighted by atomic mass is 10.3. The highest BCUT2D eigenvalue weighted by atomic mass is 35.5. The third kappa shape index (κ3) is 4.58. The summed E-state index contributed by atoms with van der Waals surface area (Å²) in [5, 5.41) is 13.6. The number of amides is 1. The lowest BCUT2D eigenvalue weighted by molar-refractivity contribution is -0.384. The van der Waals surface area contributed by atoms with E-state index in [1.807, 2.05) is 0 Å². The summed E-state index contributed by atoms with van der Waals surface area (Å²) in [5.74, 6) is 0.408. The summed E-state index contributed by atoms with van der Waals surface area (Å²) >= 11 is 5.88. The number of anilines is 1. The van der Waals surface area contributed by atoms with E-state index in [9.17, 15) is 14.9 Å². The second-order valence-electron chi connectivity index (χ2n) is 4.43. The molecule has 2 aromatic carbocycles. The molecule has 0 aliphatic carbocycles. The largest absolute Gasteiger partial charge is 0.495 e. The second kappa shape index (κ2) is 7.46. The van der Waals surface area contributed by atoms with Crippen LogP contribution >= 0.6 is 11.6 Å². The third-order valence-electron chi connectivity index (χ3n) is 2.85. The quantitative estimate of drug-likeness (QED) is 0.645. The van der Waals surface area contributed by atoms with E-state index in [0.29, 0.717) is 22.2 Å². The zero-order chi connectivity index (χ0) is 16.8. The Kier molecular flexibility index (Phi) is 5.37. The van der Waals surface area contributed by atoms with Gasteiger partial charge in [-0.25, -0.2) is 0 Å². The molecule has 8 heteroatoms. The smallest absolute Gasteiger partial charge is 0.269 e. The molecule has 0 heterocycles. The molecule has 0 bridgehead atoms. The Balaban J connectivity index is 1.95. The van der Waals surface area contributed by atoms with Crippen LogP contribution in [0.4, 0.5) is 11.4 Å². The predicted octanol–water partition coefficient (Wildman–Crippen LogP) is 3.27. The van der Waals surface area contributed by atoms with Crippen molar-refractivity contribution < 1.29 is 19.2 Å². The van der Waals surface area contributed by atoms with Crippen LogP contribution in [0.2, 0.25) is 5.02 Å². The first-order valence-corrected chi connectivity index (χ1v) is 6.88. The third-order valence-corrected chi connectivity index (χ3v) is 3.09. The van der Waals surface area contributed by atoms with Crippen molar-refractivity contribution in [2.24, 2.45) is 0 Å². The van der Waals surface area contributed by atoms with Crippen molar-refractivity contribution in [3.8, 4) is 11.5 Å². The van der Waals surface area contributed by atoms with Gasteiger partial charge in [-0.1, -0.05) is 11.6 Å². The van der Waals surface area contributed by atoms with Crippen LogP contribution in [0.3, 0.4) is 0 Å². The molecule has 0 radical (unpaired) electrons. The normalized spacial score (nSPS) is 10.0. The molecule has 2 rings (SSSR count). The number of carbonyl (C=O) groups excluding carboxylic acids is 1. The van der Waals surface area contributed by atoms with E-state index >= 15 is 0 Å². The molecule has 0 atom stereocenters. The van der Waals surface area contributed by atoms with Crippen LogP contribution < -0.4 is 14.8 Å². The molecule has 0 aromatic heterocycles. The maximum absolute atomic E-state index is 11.9. The van der Waals surface area contributed by atoms with Gasteiger partial charge in [-0.05, 0) is 30.3 Å². The van der Waals surface area contributed by atoms with Gasteiger partial charge in [0.1, 0.15) is 11.5 Å². The molecule has 1 amide bonds. The Labute approximate surface area is 136 Å². The Morgan fingerprint density at radius 1 is 1.26 bits per heavy atom. The van der Waals surface area contributed by atoms with E-state index in [-0.39, 0.29) is 12.3 Å². The SMILES string of the molecule is COc1ccc(Cl)cc1NC(=O)COc1ccc([N+](=O)[O-])cc1. The van der Waals surface area contributed by atoms with Gasteiger partial charge in [0.25, 0.3) is 11.6 Å². The highest BCUT2D eigenvalue weighted by molar-refractivity contribution is 6.31. The molecular weight excluding hydrogens is 324 g/mol. The number of methoxy groups -OCH3 is 1. The molecular formula is C15H13ClN2O5. The van der Waals surface area contributed by atoms with Crippen molar-refractivity contribution in [2.45, 2.75) is 0 Å². The lowest BCUT2D eigenvalue weighted by Gasteiger charge is -2.11. The fraction of sp³-hybridized carbons (Fsp3) is 0.133. The van der Waals surface area contributed by atoms with Crippen molar-refractivity contribution >= 4 is 28.9 Å². The van der Waals surface area contributed by atoms with Crippen molar-refractivity contribution in [1.29, 1.82) is 0 Å². The van der Waals surface area contributed by atoms with Crippen molar-refractivity contribution in [2.75, 3.05) is 19.0 Å². The maximum atomic E-state index is 11.9. The van der Waals surface area contributed by atoms with Crippen LogP contribution in [0.5, 0.6) is 11.5 Å². The summed E-state index contributed by atoms with van der Waals surface area (Å²) in [6.07, 6.45) is 0. The van der Waals surface area contributed by atoms with E-state index < -0.39 is 10.8 Å². The van der Waals surface area contributed by atoms with Gasteiger partial charge in [0, 0.05) is 17.2 Å². The standard InChI is InChI=1S/C15H13ClN2O5/c1-22-14-7-2-10(16)8-13(14)17-15(19)9-23-12-5-3-11(4-6-12)18(20)21/h2-8H,9H2,1H3,(H,17,19). The average Bonchev–Trinajstić information content (AvgIpc) is 2.53. The number of hydrogen-bond donors (Lipinski definition) is 1. The van der Waals surface area contributed by atoms with Crippen LogP contribution in [-0.2, 0) is 4.79 Å². The number of non-ortho nitro benzene ring substituents is 1. The van der Waals surface area contributed by atoms with Crippen LogP contribution in [0, 0.1) is 10.1 Å². The summed E-state index contributed by atoms with van der Waals surface area (Å²) in [6.45, 7) is -0.256. The van der Waals surface area contributed by atoms with E-state index in [1.165, 1.54) is 31.4 Å². The van der Waals surface area contributed by atoms with Crippen LogP contribution in [-0.4, -0.2) is 24.5 Å². The summed E-state index contributed by atoms with van der Waals surface area (Å²) in [7, 11) is 1.48. The number of hydrogen-bond acceptors (Lipinski definition) is 5. The fourth-order valence-corrected chi connectivity index (χ4v) is 1.95. The minimum absolute atomic E-state index is 0.0505. The first kappa shape index (κ1) is 16.6. The highest BCUT2D eigenvalue weighted by Gasteiger charge is 2.10. The monoisotopic (exact) mass is 336 g/mol. The van der Waals surface area contributed by atoms with Crippen molar-refractivity contribution in [1.82, 2.24) is 0 Å². The number of ether oxygens (including phenoxy) is 2. The van der Waals surface area contributed by atoms with Gasteiger partial charge >= 0.3 is 0 Å². The number of nitro benzene ring substituents is 1. The number of halogens is 1. The van der Waals surface area contributed by atoms with E-state index in [4.69, 9.17) is 21.1 Å². The number of nitrogens with zero attached hydrogens (tertiary/aromatic N) is 1. The van der Waals surface area contributed by atoms with Crippen LogP contribution in [0.25, 0.3) is 0 Å². The number of rotatable bonds is 6. The molecule has 2 aromatic rings. The minimum atomic E-state index is -0.512. The molecule has 0 aliphatic heterocycles. The van der Waals surface area contributed by atoms with E-state index in [2.05, 4.69) is 5.32 Å². The molecule has 0 unspecified atom stereocenters. The fourth-order valence-electron chi connectivity index (χ4n) is 1.78. The van der Waals surface area contributed by atoms with Gasteiger partial charge in [0.2, 0.25) is 0 Å². The van der Waals surface area contributed by atoms with Gasteiger partial charge in [-0.15, -0.1) is 0 Å². The molecule has 23 heavy (non-hydrogen) atoms. The predicted molar refractivity (Wildman–Crippen MR) is 85.2 cm³/mol. The summed E-state index contributed by atoms with van der Waals surface area (Å²) in [5.41, 5.74) is 0.378. The average molecular weight is 337 g/mol. The number of benzene rings is 2. The molecule has 0 saturated carbocycles. The summed E-state index contributed by atoms with van der Waals surface area (Å²) in [4.78, 5) is 21.9. The highest BCUT2D eigenvalue weighted by Crippen LogP contribution is 2.27. The van der Waals surface area contributed by atoms with Crippen molar-refractivity contribution in [3.05, 3.63) is 57.6 Å². The topological polar surface area (TPSA) is 90.7 Å². The molecule has 0 saturated heterocycles. The molecule has 7 nitrogen and oxygen atoms in total. The number of nitrogens with one attached hydrogen (secondary N) is 1. The Morgan fingerprint density at radius 3 is 2.57 bits per heavy atom. The minimum Gasteiger partial charge on any atom is -0.495 e. The van der Waals surface area contributed by atoms with E-state index in [1.54, 1.807) is 18.2 Å². The number of nitro groups is 1. The molecule has 0 spiro atoms. The number of carbonyl (C=O) groups is 1. The first-order chi connectivity index (χ1) is 11.0. The zero-order valence-corrected chi connectivity index (χ0v) is 12.9. The molecule has 0 aliphatic rings. The van der Waals surface area contributed by atoms with Crippen molar-refractivity contribution in [3.63, 3.8) is 0 Å². The van der Waals surface area contributed by atoms with Crippen LogP contribution in [0.15, 0.2) is 42.5 Å². The van der Waals surface area contributed by atoms with Crippen LogP contribution in [0.1, 0.15) is 0 Å². The van der Waals surface area contributed by atoms with Gasteiger partial charge in [-0.2, -0.15) is 0 Å². The molecule has 120 valence electrons. The van der Waals surface area contributed by atoms with Gasteiger partial charge in [-0.3, -0.25) is 14.9 Å². The molecule has 1 N–H and O–H groups in total. The van der Waals surface area contributed by atoms with Gasteiger partial charge < -0.3 is 14.8 Å². The Hall–Kier alpha value is -2.80.